The van der Waals surface area contributed by atoms with Gasteiger partial charge in [-0.3, -0.25) is 0 Å². The van der Waals surface area contributed by atoms with Crippen LogP contribution in [0.1, 0.15) is 32.3 Å². The number of quaternary nitrogens is 2. The number of nitrogens with one attached hydrogen (secondary N) is 2. The molecule has 4 heteroatoms. The van der Waals surface area contributed by atoms with E-state index in [0.717, 1.165) is 12.6 Å². The van der Waals surface area contributed by atoms with Gasteiger partial charge in [-0.25, -0.2) is 0 Å². The van der Waals surface area contributed by atoms with Crippen LogP contribution in [0.4, 0.5) is 0 Å². The Hall–Kier alpha value is -0.420. The smallest absolute Gasteiger partial charge is 0.104 e. The van der Waals surface area contributed by atoms with Crippen LogP contribution in [0.3, 0.4) is 0 Å². The molecule has 0 bridgehead atoms. The van der Waals surface area contributed by atoms with Crippen LogP contribution in [0.25, 0.3) is 0 Å². The predicted octanol–water partition coefficient (Wildman–Crippen LogP) is 0.689. The van der Waals surface area contributed by atoms with Gasteiger partial charge in [-0.2, -0.15) is 0 Å². The standard InChI is InChI=1S/C18H27BrN2O/c1-14-11-21(12-15(2)22-14)17-7-9-20(10-8-17)13-16-5-3-4-6-18(16)19/h3-6,14-15,17H,7-13H2,1-2H3/p+2/t14-,15-/m0/s1. The van der Waals surface area contributed by atoms with Crippen LogP contribution < -0.4 is 9.80 Å². The summed E-state index contributed by atoms with van der Waals surface area (Å²) in [5.74, 6) is 0. The van der Waals surface area contributed by atoms with Crippen molar-refractivity contribution in [2.24, 2.45) is 0 Å². The summed E-state index contributed by atoms with van der Waals surface area (Å²) < 4.78 is 7.14. The lowest BCUT2D eigenvalue weighted by Gasteiger charge is -2.39. The Balaban J connectivity index is 1.51. The lowest BCUT2D eigenvalue weighted by molar-refractivity contribution is -0.970. The molecule has 3 rings (SSSR count). The summed E-state index contributed by atoms with van der Waals surface area (Å²) >= 11 is 3.68. The van der Waals surface area contributed by atoms with Crippen molar-refractivity contribution in [1.82, 2.24) is 0 Å². The monoisotopic (exact) mass is 368 g/mol. The Bertz CT molecular complexity index is 478. The highest BCUT2D eigenvalue weighted by atomic mass is 79.9. The van der Waals surface area contributed by atoms with Gasteiger partial charge in [-0.1, -0.05) is 34.1 Å². The maximum Gasteiger partial charge on any atom is 0.104 e. The fourth-order valence-corrected chi connectivity index (χ4v) is 4.60. The lowest BCUT2D eigenvalue weighted by atomic mass is 10.0. The van der Waals surface area contributed by atoms with Crippen molar-refractivity contribution in [3.63, 3.8) is 0 Å². The van der Waals surface area contributed by atoms with Gasteiger partial charge in [0.1, 0.15) is 31.8 Å². The fraction of sp³-hybridized carbons (Fsp3) is 0.667. The summed E-state index contributed by atoms with van der Waals surface area (Å²) in [6.45, 7) is 10.6. The Kier molecular flexibility index (Phi) is 5.55. The van der Waals surface area contributed by atoms with E-state index in [4.69, 9.17) is 4.74 Å². The summed E-state index contributed by atoms with van der Waals surface area (Å²) in [5, 5.41) is 0. The molecule has 2 aliphatic heterocycles. The van der Waals surface area contributed by atoms with Gasteiger partial charge in [0, 0.05) is 22.9 Å². The highest BCUT2D eigenvalue weighted by Gasteiger charge is 2.35. The number of halogens is 1. The zero-order chi connectivity index (χ0) is 15.5. The zero-order valence-corrected chi connectivity index (χ0v) is 15.4. The summed E-state index contributed by atoms with van der Waals surface area (Å²) in [7, 11) is 0. The van der Waals surface area contributed by atoms with Crippen LogP contribution in [0, 0.1) is 0 Å². The molecule has 0 amide bonds. The number of morpholine rings is 1. The van der Waals surface area contributed by atoms with E-state index in [1.807, 2.05) is 0 Å². The molecule has 0 spiro atoms. The highest BCUT2D eigenvalue weighted by Crippen LogP contribution is 2.14. The molecule has 2 saturated heterocycles. The van der Waals surface area contributed by atoms with E-state index in [-0.39, 0.29) is 0 Å². The van der Waals surface area contributed by atoms with Gasteiger partial charge in [-0.15, -0.1) is 0 Å². The van der Waals surface area contributed by atoms with Gasteiger partial charge >= 0.3 is 0 Å². The summed E-state index contributed by atoms with van der Waals surface area (Å²) in [6.07, 6.45) is 3.55. The molecule has 2 atom stereocenters. The summed E-state index contributed by atoms with van der Waals surface area (Å²) in [5.41, 5.74) is 1.44. The van der Waals surface area contributed by atoms with E-state index in [0.29, 0.717) is 12.2 Å². The molecule has 0 aromatic heterocycles. The van der Waals surface area contributed by atoms with Crippen molar-refractivity contribution >= 4 is 15.9 Å². The zero-order valence-electron chi connectivity index (χ0n) is 13.8. The van der Waals surface area contributed by atoms with Crippen LogP contribution >= 0.6 is 15.9 Å². The molecule has 2 aliphatic rings. The average molecular weight is 369 g/mol. The van der Waals surface area contributed by atoms with Crippen LogP contribution in [0.2, 0.25) is 0 Å². The quantitative estimate of drug-likeness (QED) is 0.803. The largest absolute Gasteiger partial charge is 0.364 e. The lowest BCUT2D eigenvalue weighted by Crippen LogP contribution is -3.22. The maximum atomic E-state index is 5.89. The van der Waals surface area contributed by atoms with Crippen LogP contribution in [0.5, 0.6) is 0 Å². The third kappa shape index (κ3) is 4.10. The Morgan fingerprint density at radius 1 is 1.09 bits per heavy atom. The molecule has 2 N–H and O–H groups in total. The van der Waals surface area contributed by atoms with Crippen molar-refractivity contribution < 1.29 is 14.5 Å². The molecule has 0 radical (unpaired) electrons. The average Bonchev–Trinajstić information content (AvgIpc) is 2.49. The molecule has 3 nitrogen and oxygen atoms in total. The van der Waals surface area contributed by atoms with Crippen LogP contribution in [0.15, 0.2) is 28.7 Å². The van der Waals surface area contributed by atoms with Gasteiger partial charge in [0.15, 0.2) is 0 Å². The van der Waals surface area contributed by atoms with Gasteiger partial charge in [0.25, 0.3) is 0 Å². The molecule has 0 saturated carbocycles. The first kappa shape index (κ1) is 16.4. The van der Waals surface area contributed by atoms with Gasteiger partial charge in [0.2, 0.25) is 0 Å². The van der Waals surface area contributed by atoms with Crippen LogP contribution in [-0.2, 0) is 11.3 Å². The normalized spacial score (nSPS) is 36.2. The second-order valence-corrected chi connectivity index (χ2v) is 7.97. The number of hydrogen-bond donors (Lipinski definition) is 2. The van der Waals surface area contributed by atoms with E-state index in [1.165, 1.54) is 49.1 Å². The molecular formula is C18H29BrN2O+2. The molecular weight excluding hydrogens is 340 g/mol. The highest BCUT2D eigenvalue weighted by molar-refractivity contribution is 9.10. The number of hydrogen-bond acceptors (Lipinski definition) is 1. The predicted molar refractivity (Wildman–Crippen MR) is 92.3 cm³/mol. The molecule has 0 aliphatic carbocycles. The van der Waals surface area contributed by atoms with E-state index < -0.39 is 0 Å². The van der Waals surface area contributed by atoms with E-state index in [2.05, 4.69) is 54.0 Å². The molecule has 2 fully saturated rings. The number of rotatable bonds is 3. The maximum absolute atomic E-state index is 5.89. The molecule has 1 aromatic rings. The second kappa shape index (κ2) is 7.43. The summed E-state index contributed by atoms with van der Waals surface area (Å²) in [4.78, 5) is 3.52. The topological polar surface area (TPSA) is 18.1 Å². The number of piperidine rings is 1. The van der Waals surface area contributed by atoms with E-state index in [9.17, 15) is 0 Å². The first-order chi connectivity index (χ1) is 10.6. The minimum Gasteiger partial charge on any atom is -0.364 e. The van der Waals surface area contributed by atoms with Crippen molar-refractivity contribution in [1.29, 1.82) is 0 Å². The van der Waals surface area contributed by atoms with Crippen molar-refractivity contribution in [3.05, 3.63) is 34.3 Å². The molecule has 22 heavy (non-hydrogen) atoms. The Labute approximate surface area is 142 Å². The Morgan fingerprint density at radius 3 is 2.36 bits per heavy atom. The number of ether oxygens (including phenoxy) is 1. The minimum atomic E-state index is 0.421. The van der Waals surface area contributed by atoms with Crippen molar-refractivity contribution in [2.45, 2.75) is 51.5 Å². The number of benzene rings is 1. The first-order valence-electron chi connectivity index (χ1n) is 8.69. The van der Waals surface area contributed by atoms with E-state index in [1.54, 1.807) is 9.80 Å². The molecule has 1 aromatic carbocycles. The van der Waals surface area contributed by atoms with Gasteiger partial charge < -0.3 is 14.5 Å². The second-order valence-electron chi connectivity index (χ2n) is 7.12. The summed E-state index contributed by atoms with van der Waals surface area (Å²) in [6, 6.07) is 9.49. The minimum absolute atomic E-state index is 0.421. The van der Waals surface area contributed by atoms with Gasteiger partial charge in [0.05, 0.1) is 19.1 Å². The third-order valence-corrected chi connectivity index (χ3v) is 6.01. The SMILES string of the molecule is C[C@H]1C[NH+](C2CC[NH+](Cc3ccccc3Br)CC2)C[C@H](C)O1. The first-order valence-corrected chi connectivity index (χ1v) is 9.48. The fourth-order valence-electron chi connectivity index (χ4n) is 4.17. The van der Waals surface area contributed by atoms with Crippen molar-refractivity contribution in [2.75, 3.05) is 26.2 Å². The van der Waals surface area contributed by atoms with Crippen molar-refractivity contribution in [3.8, 4) is 0 Å². The molecule has 122 valence electrons. The van der Waals surface area contributed by atoms with Gasteiger partial charge in [-0.05, 0) is 19.9 Å². The molecule has 2 heterocycles. The van der Waals surface area contributed by atoms with Crippen LogP contribution in [-0.4, -0.2) is 44.4 Å². The molecule has 0 unspecified atom stereocenters. The third-order valence-electron chi connectivity index (χ3n) is 5.23. The number of likely N-dealkylation sites (tertiary alicyclic amines) is 1. The Morgan fingerprint density at radius 2 is 1.73 bits per heavy atom. The van der Waals surface area contributed by atoms with E-state index >= 15 is 0 Å².